The monoisotopic (exact) mass is 465 g/mol. The molecule has 4 aromatic rings. The van der Waals surface area contributed by atoms with E-state index in [-0.39, 0.29) is 5.56 Å². The van der Waals surface area contributed by atoms with Gasteiger partial charge in [-0.2, -0.15) is 5.10 Å². The average Bonchev–Trinajstić information content (AvgIpc) is 3.34. The molecule has 8 nitrogen and oxygen atoms in total. The van der Waals surface area contributed by atoms with Gasteiger partial charge in [0.25, 0.3) is 5.56 Å². The largest absolute Gasteiger partial charge is 0.305 e. The molecule has 0 fully saturated rings. The Morgan fingerprint density at radius 3 is 2.66 bits per heavy atom. The van der Waals surface area contributed by atoms with E-state index in [1.165, 1.54) is 0 Å². The average molecular weight is 466 g/mol. The van der Waals surface area contributed by atoms with Crippen molar-refractivity contribution in [3.63, 3.8) is 0 Å². The first-order chi connectivity index (χ1) is 17.2. The first kappa shape index (κ1) is 21.6. The SMILES string of the molecule is O=c1[nH]c(C2=NCCCC2)nc2c1CN(Cc1cn(-c3ccccc3)nc1-c1ccncc1)CC2. The van der Waals surface area contributed by atoms with Gasteiger partial charge in [0.1, 0.15) is 0 Å². The first-order valence-electron chi connectivity index (χ1n) is 12.2. The second kappa shape index (κ2) is 9.38. The summed E-state index contributed by atoms with van der Waals surface area (Å²) < 4.78 is 1.93. The van der Waals surface area contributed by atoms with E-state index in [0.717, 1.165) is 78.3 Å². The topological polar surface area (TPSA) is 92.1 Å². The number of H-pyrrole nitrogens is 1. The van der Waals surface area contributed by atoms with E-state index in [4.69, 9.17) is 10.1 Å². The van der Waals surface area contributed by atoms with Gasteiger partial charge in [-0.05, 0) is 43.5 Å². The Morgan fingerprint density at radius 1 is 1.00 bits per heavy atom. The van der Waals surface area contributed by atoms with E-state index in [9.17, 15) is 4.79 Å². The molecule has 2 aliphatic heterocycles. The highest BCUT2D eigenvalue weighted by atomic mass is 16.1. The molecule has 0 atom stereocenters. The highest BCUT2D eigenvalue weighted by Crippen LogP contribution is 2.26. The lowest BCUT2D eigenvalue weighted by atomic mass is 10.0. The Kier molecular flexibility index (Phi) is 5.79. The van der Waals surface area contributed by atoms with Crippen molar-refractivity contribution in [1.82, 2.24) is 29.6 Å². The van der Waals surface area contributed by atoms with Gasteiger partial charge in [-0.3, -0.25) is 19.7 Å². The van der Waals surface area contributed by atoms with E-state index in [1.54, 1.807) is 12.4 Å². The van der Waals surface area contributed by atoms with Gasteiger partial charge in [0, 0.05) is 62.3 Å². The van der Waals surface area contributed by atoms with Crippen LogP contribution in [0.4, 0.5) is 0 Å². The summed E-state index contributed by atoms with van der Waals surface area (Å²) in [6.45, 7) is 2.91. The number of para-hydroxylation sites is 1. The normalized spacial score (nSPS) is 16.1. The number of pyridine rings is 1. The van der Waals surface area contributed by atoms with Gasteiger partial charge in [-0.15, -0.1) is 0 Å². The molecule has 0 bridgehead atoms. The summed E-state index contributed by atoms with van der Waals surface area (Å²) in [5.74, 6) is 0.658. The molecule has 0 aliphatic carbocycles. The van der Waals surface area contributed by atoms with Gasteiger partial charge in [0.15, 0.2) is 5.82 Å². The maximum atomic E-state index is 13.0. The molecule has 1 N–H and O–H groups in total. The standard InChI is InChI=1S/C27H27N7O/c35-27-22-18-33(15-11-23(22)30-26(31-27)24-8-4-5-12-29-24)16-20-17-34(21-6-2-1-3-7-21)32-25(20)19-9-13-28-14-10-19/h1-3,6-7,9-10,13-14,17H,4-5,8,11-12,15-16,18H2,(H,30,31,35). The van der Waals surface area contributed by atoms with Crippen LogP contribution in [0.3, 0.4) is 0 Å². The lowest BCUT2D eigenvalue weighted by Crippen LogP contribution is -2.36. The summed E-state index contributed by atoms with van der Waals surface area (Å²) >= 11 is 0. The molecule has 0 radical (unpaired) electrons. The summed E-state index contributed by atoms with van der Waals surface area (Å²) in [7, 11) is 0. The van der Waals surface area contributed by atoms with Crippen LogP contribution in [0.5, 0.6) is 0 Å². The van der Waals surface area contributed by atoms with Crippen molar-refractivity contribution in [1.29, 1.82) is 0 Å². The maximum Gasteiger partial charge on any atom is 0.255 e. The molecular formula is C27H27N7O. The Bertz CT molecular complexity index is 1420. The third kappa shape index (κ3) is 4.44. The second-order valence-corrected chi connectivity index (χ2v) is 9.10. The van der Waals surface area contributed by atoms with E-state index >= 15 is 0 Å². The van der Waals surface area contributed by atoms with Gasteiger partial charge in [0.05, 0.1) is 28.4 Å². The number of aromatic nitrogens is 5. The van der Waals surface area contributed by atoms with Crippen molar-refractivity contribution in [2.75, 3.05) is 13.1 Å². The van der Waals surface area contributed by atoms with Gasteiger partial charge in [-0.1, -0.05) is 18.2 Å². The Labute approximate surface area is 203 Å². The molecule has 176 valence electrons. The molecule has 0 saturated carbocycles. The minimum atomic E-state index is -0.0442. The zero-order valence-corrected chi connectivity index (χ0v) is 19.5. The molecule has 1 aromatic carbocycles. The molecule has 2 aliphatic rings. The van der Waals surface area contributed by atoms with Crippen LogP contribution in [0.25, 0.3) is 16.9 Å². The van der Waals surface area contributed by atoms with Crippen molar-refractivity contribution >= 4 is 5.71 Å². The summed E-state index contributed by atoms with van der Waals surface area (Å²) in [5, 5.41) is 4.91. The van der Waals surface area contributed by atoms with Crippen LogP contribution in [-0.4, -0.2) is 48.4 Å². The number of aliphatic imine (C=N–C) groups is 1. The Hall–Kier alpha value is -3.91. The quantitative estimate of drug-likeness (QED) is 0.487. The number of benzene rings is 1. The van der Waals surface area contributed by atoms with Gasteiger partial charge in [0.2, 0.25) is 0 Å². The number of rotatable bonds is 5. The lowest BCUT2D eigenvalue weighted by Gasteiger charge is -2.27. The molecule has 6 rings (SSSR count). The summed E-state index contributed by atoms with van der Waals surface area (Å²) in [5.41, 5.74) is 6.64. The first-order valence-corrected chi connectivity index (χ1v) is 12.2. The zero-order chi connectivity index (χ0) is 23.6. The van der Waals surface area contributed by atoms with E-state index in [2.05, 4.69) is 26.1 Å². The Morgan fingerprint density at radius 2 is 1.86 bits per heavy atom. The molecule has 0 unspecified atom stereocenters. The van der Waals surface area contributed by atoms with Crippen molar-refractivity contribution in [2.24, 2.45) is 4.99 Å². The molecule has 0 saturated heterocycles. The van der Waals surface area contributed by atoms with E-state index in [0.29, 0.717) is 18.9 Å². The molecule has 35 heavy (non-hydrogen) atoms. The molecule has 5 heterocycles. The predicted molar refractivity (Wildman–Crippen MR) is 135 cm³/mol. The van der Waals surface area contributed by atoms with Crippen LogP contribution in [0, 0.1) is 0 Å². The van der Waals surface area contributed by atoms with Crippen LogP contribution in [-0.2, 0) is 19.5 Å². The number of nitrogens with one attached hydrogen (secondary N) is 1. The lowest BCUT2D eigenvalue weighted by molar-refractivity contribution is 0.242. The third-order valence-corrected chi connectivity index (χ3v) is 6.70. The van der Waals surface area contributed by atoms with Gasteiger partial charge in [-0.25, -0.2) is 9.67 Å². The zero-order valence-electron chi connectivity index (χ0n) is 19.5. The van der Waals surface area contributed by atoms with Crippen LogP contribution in [0.15, 0.2) is 70.8 Å². The number of hydrogen-bond donors (Lipinski definition) is 1. The van der Waals surface area contributed by atoms with Crippen molar-refractivity contribution in [3.8, 4) is 16.9 Å². The fraction of sp³-hybridized carbons (Fsp3) is 0.296. The number of fused-ring (bicyclic) bond motifs is 1. The summed E-state index contributed by atoms with van der Waals surface area (Å²) in [6, 6.07) is 14.1. The van der Waals surface area contributed by atoms with E-state index < -0.39 is 0 Å². The number of aromatic amines is 1. The van der Waals surface area contributed by atoms with Crippen molar-refractivity contribution < 1.29 is 0 Å². The van der Waals surface area contributed by atoms with Crippen LogP contribution < -0.4 is 5.56 Å². The number of nitrogens with zero attached hydrogens (tertiary/aromatic N) is 6. The second-order valence-electron chi connectivity index (χ2n) is 9.10. The van der Waals surface area contributed by atoms with Gasteiger partial charge >= 0.3 is 0 Å². The molecule has 0 spiro atoms. The fourth-order valence-electron chi connectivity index (χ4n) is 4.88. The number of hydrogen-bond acceptors (Lipinski definition) is 6. The van der Waals surface area contributed by atoms with E-state index in [1.807, 2.05) is 47.1 Å². The minimum Gasteiger partial charge on any atom is -0.305 e. The predicted octanol–water partition coefficient (Wildman–Crippen LogP) is 3.55. The minimum absolute atomic E-state index is 0.0442. The molecule has 0 amide bonds. The van der Waals surface area contributed by atoms with Gasteiger partial charge < -0.3 is 4.98 Å². The van der Waals surface area contributed by atoms with Crippen molar-refractivity contribution in [3.05, 3.63) is 94.1 Å². The van der Waals surface area contributed by atoms with Crippen LogP contribution >= 0.6 is 0 Å². The van der Waals surface area contributed by atoms with Crippen molar-refractivity contribution in [2.45, 2.75) is 38.8 Å². The highest BCUT2D eigenvalue weighted by Gasteiger charge is 2.24. The maximum absolute atomic E-state index is 13.0. The van der Waals surface area contributed by atoms with Crippen LogP contribution in [0.1, 0.15) is 41.9 Å². The fourth-order valence-corrected chi connectivity index (χ4v) is 4.88. The molecule has 8 heteroatoms. The molecule has 3 aromatic heterocycles. The van der Waals surface area contributed by atoms with Crippen LogP contribution in [0.2, 0.25) is 0 Å². The molecular weight excluding hydrogens is 438 g/mol. The smallest absolute Gasteiger partial charge is 0.255 e. The Balaban J connectivity index is 1.29. The summed E-state index contributed by atoms with van der Waals surface area (Å²) in [4.78, 5) is 31.9. The third-order valence-electron chi connectivity index (χ3n) is 6.70. The summed E-state index contributed by atoms with van der Waals surface area (Å²) in [6.07, 6.45) is 9.51. The highest BCUT2D eigenvalue weighted by molar-refractivity contribution is 5.97.